The molecule has 0 amide bonds. The molecule has 84 valence electrons. The van der Waals surface area contributed by atoms with Crippen LogP contribution in [0.25, 0.3) is 0 Å². The van der Waals surface area contributed by atoms with Crippen LogP contribution in [0, 0.1) is 5.92 Å². The van der Waals surface area contributed by atoms with Gasteiger partial charge in [0.2, 0.25) is 0 Å². The molecule has 14 heavy (non-hydrogen) atoms. The van der Waals surface area contributed by atoms with E-state index in [0.717, 1.165) is 13.8 Å². The third-order valence-electron chi connectivity index (χ3n) is 1.53. The molecule has 7 heteroatoms. The summed E-state index contributed by atoms with van der Waals surface area (Å²) in [6.45, 7) is 1.46. The number of hydrogen-bond donors (Lipinski definition) is 0. The average molecular weight is 224 g/mol. The highest BCUT2D eigenvalue weighted by Crippen LogP contribution is 2.44. The second-order valence-corrected chi connectivity index (χ2v) is 2.91. The van der Waals surface area contributed by atoms with Gasteiger partial charge in [0.05, 0.1) is 0 Å². The Morgan fingerprint density at radius 1 is 0.929 bits per heavy atom. The summed E-state index contributed by atoms with van der Waals surface area (Å²) in [7, 11) is 0. The molecule has 0 aliphatic heterocycles. The molecule has 0 saturated heterocycles. The molecule has 0 spiro atoms. The van der Waals surface area contributed by atoms with Crippen LogP contribution in [0.3, 0.4) is 0 Å². The van der Waals surface area contributed by atoms with E-state index in [9.17, 15) is 30.7 Å². The summed E-state index contributed by atoms with van der Waals surface area (Å²) in [5.74, 6) is -6.42. The van der Waals surface area contributed by atoms with Crippen molar-refractivity contribution in [3.63, 3.8) is 0 Å². The molecular weight excluding hydrogens is 217 g/mol. The van der Waals surface area contributed by atoms with Gasteiger partial charge >= 0.3 is 6.18 Å². The van der Waals surface area contributed by atoms with Crippen molar-refractivity contribution < 1.29 is 30.7 Å². The van der Waals surface area contributed by atoms with Gasteiger partial charge in [-0.3, -0.25) is 0 Å². The van der Waals surface area contributed by atoms with Crippen LogP contribution in [-0.2, 0) is 0 Å². The maximum atomic E-state index is 12.7. The van der Waals surface area contributed by atoms with E-state index in [1.54, 1.807) is 0 Å². The molecule has 0 fully saturated rings. The van der Waals surface area contributed by atoms with Crippen molar-refractivity contribution >= 4 is 0 Å². The minimum Gasteiger partial charge on any atom is -0.201 e. The van der Waals surface area contributed by atoms with Crippen molar-refractivity contribution in [1.29, 1.82) is 0 Å². The lowest BCUT2D eigenvalue weighted by molar-refractivity contribution is -0.144. The smallest absolute Gasteiger partial charge is 0.201 e. The monoisotopic (exact) mass is 224 g/mol. The summed E-state index contributed by atoms with van der Waals surface area (Å²) in [6.07, 6.45) is -9.11. The fraction of sp³-hybridized carbons (Fsp3) is 0.714. The fourth-order valence-electron chi connectivity index (χ4n) is 0.711. The third-order valence-corrected chi connectivity index (χ3v) is 1.53. The summed E-state index contributed by atoms with van der Waals surface area (Å²) in [5.41, 5.74) is -3.06. The van der Waals surface area contributed by atoms with E-state index >= 15 is 0 Å². The molecule has 0 aliphatic carbocycles. The molecule has 0 heterocycles. The van der Waals surface area contributed by atoms with Gasteiger partial charge < -0.3 is 0 Å². The van der Waals surface area contributed by atoms with Gasteiger partial charge in [-0.25, -0.2) is 8.78 Å². The topological polar surface area (TPSA) is 0 Å². The Hall–Kier alpha value is -0.750. The summed E-state index contributed by atoms with van der Waals surface area (Å²) in [6, 6.07) is 0. The molecule has 0 atom stereocenters. The second-order valence-electron chi connectivity index (χ2n) is 2.91. The maximum Gasteiger partial charge on any atom is 0.423 e. The first-order valence-corrected chi connectivity index (χ1v) is 3.52. The van der Waals surface area contributed by atoms with Crippen LogP contribution in [0.5, 0.6) is 0 Å². The minimum absolute atomic E-state index is 0.731. The van der Waals surface area contributed by atoms with Crippen molar-refractivity contribution in [2.75, 3.05) is 0 Å². The first-order valence-electron chi connectivity index (χ1n) is 3.52. The molecule has 0 N–H and O–H groups in total. The Balaban J connectivity index is 5.39. The second kappa shape index (κ2) is 3.78. The van der Waals surface area contributed by atoms with Crippen LogP contribution in [0.15, 0.2) is 11.7 Å². The Labute approximate surface area is 75.4 Å². The Morgan fingerprint density at radius 2 is 1.29 bits per heavy atom. The van der Waals surface area contributed by atoms with Crippen molar-refractivity contribution in [3.8, 4) is 0 Å². The highest BCUT2D eigenvalue weighted by molar-refractivity contribution is 5.20. The molecule has 0 bridgehead atoms. The van der Waals surface area contributed by atoms with Crippen LogP contribution in [-0.4, -0.2) is 12.1 Å². The van der Waals surface area contributed by atoms with Gasteiger partial charge in [-0.15, -0.1) is 0 Å². The standard InChI is InChI=1S/C7H7F7/c1-3(2)6(10,11)4(5(8)9)7(12,13)14/h3H,1-2H3. The number of alkyl halides is 5. The Kier molecular flexibility index (Phi) is 3.58. The summed E-state index contributed by atoms with van der Waals surface area (Å²) >= 11 is 0. The van der Waals surface area contributed by atoms with Crippen LogP contribution in [0.1, 0.15) is 13.8 Å². The van der Waals surface area contributed by atoms with Gasteiger partial charge in [-0.2, -0.15) is 22.0 Å². The largest absolute Gasteiger partial charge is 0.423 e. The van der Waals surface area contributed by atoms with E-state index in [-0.39, 0.29) is 0 Å². The van der Waals surface area contributed by atoms with Crippen molar-refractivity contribution in [2.45, 2.75) is 25.9 Å². The average Bonchev–Trinajstić information content (AvgIpc) is 1.79. The molecular formula is C7H7F7. The first kappa shape index (κ1) is 13.2. The zero-order valence-electron chi connectivity index (χ0n) is 7.22. The summed E-state index contributed by atoms with van der Waals surface area (Å²) in [4.78, 5) is 0. The van der Waals surface area contributed by atoms with Crippen molar-refractivity contribution in [1.82, 2.24) is 0 Å². The maximum absolute atomic E-state index is 12.7. The molecule has 0 aromatic carbocycles. The number of halogens is 7. The van der Waals surface area contributed by atoms with Crippen LogP contribution in [0.4, 0.5) is 30.7 Å². The van der Waals surface area contributed by atoms with Crippen LogP contribution >= 0.6 is 0 Å². The molecule has 0 unspecified atom stereocenters. The predicted octanol–water partition coefficient (Wildman–Crippen LogP) is 3.99. The fourth-order valence-corrected chi connectivity index (χ4v) is 0.711. The Morgan fingerprint density at radius 3 is 1.36 bits per heavy atom. The number of rotatable bonds is 2. The highest BCUT2D eigenvalue weighted by Gasteiger charge is 2.55. The van der Waals surface area contributed by atoms with Gasteiger partial charge in [0.1, 0.15) is 0 Å². The molecule has 0 nitrogen and oxygen atoms in total. The normalized spacial score (nSPS) is 13.3. The van der Waals surface area contributed by atoms with Gasteiger partial charge in [0, 0.05) is 5.92 Å². The molecule has 0 rings (SSSR count). The van der Waals surface area contributed by atoms with E-state index < -0.39 is 29.7 Å². The van der Waals surface area contributed by atoms with E-state index in [4.69, 9.17) is 0 Å². The van der Waals surface area contributed by atoms with Gasteiger partial charge in [-0.1, -0.05) is 13.8 Å². The summed E-state index contributed by atoms with van der Waals surface area (Å²) < 4.78 is 84.3. The zero-order valence-corrected chi connectivity index (χ0v) is 7.22. The van der Waals surface area contributed by atoms with Crippen molar-refractivity contribution in [3.05, 3.63) is 11.7 Å². The molecule has 0 aliphatic rings. The third kappa shape index (κ3) is 2.62. The van der Waals surface area contributed by atoms with Gasteiger partial charge in [0.15, 0.2) is 5.57 Å². The van der Waals surface area contributed by atoms with E-state index in [0.29, 0.717) is 0 Å². The minimum atomic E-state index is -5.72. The SMILES string of the molecule is CC(C)C(F)(F)C(=C(F)F)C(F)(F)F. The Bertz CT molecular complexity index is 231. The summed E-state index contributed by atoms with van der Waals surface area (Å²) in [5, 5.41) is 0. The molecule has 0 aromatic heterocycles. The molecule has 0 aromatic rings. The lowest BCUT2D eigenvalue weighted by Crippen LogP contribution is -2.35. The predicted molar refractivity (Wildman–Crippen MR) is 35.1 cm³/mol. The van der Waals surface area contributed by atoms with Crippen LogP contribution < -0.4 is 0 Å². The molecule has 0 radical (unpaired) electrons. The highest BCUT2D eigenvalue weighted by atomic mass is 19.4. The lowest BCUT2D eigenvalue weighted by atomic mass is 9.98. The number of hydrogen-bond acceptors (Lipinski definition) is 0. The first-order chi connectivity index (χ1) is 6.01. The van der Waals surface area contributed by atoms with Gasteiger partial charge in [-0.05, 0) is 0 Å². The number of allylic oxidation sites excluding steroid dienone is 1. The lowest BCUT2D eigenvalue weighted by Gasteiger charge is -2.24. The van der Waals surface area contributed by atoms with Crippen molar-refractivity contribution in [2.24, 2.45) is 5.92 Å². The van der Waals surface area contributed by atoms with E-state index in [1.807, 2.05) is 0 Å². The van der Waals surface area contributed by atoms with Gasteiger partial charge in [0.25, 0.3) is 12.0 Å². The van der Waals surface area contributed by atoms with E-state index in [1.165, 1.54) is 0 Å². The van der Waals surface area contributed by atoms with E-state index in [2.05, 4.69) is 0 Å². The zero-order chi connectivity index (χ0) is 11.7. The van der Waals surface area contributed by atoms with Crippen LogP contribution in [0.2, 0.25) is 0 Å². The quantitative estimate of drug-likeness (QED) is 0.622. The molecule has 0 saturated carbocycles.